The van der Waals surface area contributed by atoms with E-state index in [-0.39, 0.29) is 5.25 Å². The van der Waals surface area contributed by atoms with Crippen molar-refractivity contribution < 1.29 is 4.21 Å². The number of benzene rings is 1. The molecule has 1 aromatic rings. The Kier molecular flexibility index (Phi) is 3.57. The maximum absolute atomic E-state index is 12.5. The molecule has 120 valence electrons. The average Bonchev–Trinajstić information content (AvgIpc) is 3.38. The molecule has 1 unspecified atom stereocenters. The Labute approximate surface area is 141 Å². The molecule has 1 atom stereocenters. The van der Waals surface area contributed by atoms with Gasteiger partial charge in [-0.2, -0.15) is 0 Å². The summed E-state index contributed by atoms with van der Waals surface area (Å²) in [4.78, 5) is 0.674. The number of hydrogen-bond acceptors (Lipinski definition) is 3. The van der Waals surface area contributed by atoms with Gasteiger partial charge in [-0.15, -0.1) is 0 Å². The molecule has 3 aliphatic carbocycles. The Bertz CT molecular complexity index is 683. The van der Waals surface area contributed by atoms with Crippen LogP contribution in [0, 0.1) is 10.2 Å². The topological polar surface area (TPSA) is 53.0 Å². The lowest BCUT2D eigenvalue weighted by atomic mass is 9.83. The molecule has 1 spiro atoms. The molecule has 0 aliphatic heterocycles. The van der Waals surface area contributed by atoms with Gasteiger partial charge in [0.15, 0.2) is 0 Å². The molecule has 0 heterocycles. The van der Waals surface area contributed by atoms with Crippen LogP contribution in [0.3, 0.4) is 0 Å². The molecule has 3 aliphatic rings. The number of rotatable bonds is 4. The van der Waals surface area contributed by atoms with Crippen LogP contribution in [0.15, 0.2) is 27.6 Å². The second-order valence-corrected chi connectivity index (χ2v) is 10.6. The molecule has 5 heteroatoms. The van der Waals surface area contributed by atoms with Crippen molar-refractivity contribution >= 4 is 31.3 Å². The molecule has 0 bridgehead atoms. The van der Waals surface area contributed by atoms with Crippen LogP contribution in [0.4, 0.5) is 5.69 Å². The fourth-order valence-corrected chi connectivity index (χ4v) is 6.06. The summed E-state index contributed by atoms with van der Waals surface area (Å²) in [5.74, 6) is 0. The highest BCUT2D eigenvalue weighted by Gasteiger charge is 2.44. The smallest absolute Gasteiger partial charge is 0.0755 e. The van der Waals surface area contributed by atoms with Gasteiger partial charge in [0, 0.05) is 26.3 Å². The first-order chi connectivity index (χ1) is 10.5. The van der Waals surface area contributed by atoms with Crippen LogP contribution in [0.25, 0.3) is 0 Å². The van der Waals surface area contributed by atoms with Gasteiger partial charge in [0.1, 0.15) is 0 Å². The minimum atomic E-state index is -2.60. The van der Waals surface area contributed by atoms with Crippen molar-refractivity contribution in [3.8, 4) is 0 Å². The van der Waals surface area contributed by atoms with Crippen LogP contribution in [-0.2, 0) is 9.73 Å². The molecular weight excluding hydrogens is 360 g/mol. The Morgan fingerprint density at radius 1 is 1.14 bits per heavy atom. The maximum atomic E-state index is 12.5. The maximum Gasteiger partial charge on any atom is 0.0755 e. The van der Waals surface area contributed by atoms with E-state index in [2.05, 4.69) is 21.2 Å². The van der Waals surface area contributed by atoms with E-state index in [1.807, 2.05) is 18.2 Å². The van der Waals surface area contributed by atoms with E-state index in [1.165, 1.54) is 38.5 Å². The molecule has 1 aromatic carbocycles. The highest BCUT2D eigenvalue weighted by atomic mass is 79.9. The molecule has 22 heavy (non-hydrogen) atoms. The van der Waals surface area contributed by atoms with Crippen LogP contribution in [-0.4, -0.2) is 15.5 Å². The molecule has 0 radical (unpaired) electrons. The third kappa shape index (κ3) is 2.82. The predicted molar refractivity (Wildman–Crippen MR) is 93.8 cm³/mol. The second kappa shape index (κ2) is 5.23. The molecule has 3 nitrogen and oxygen atoms in total. The van der Waals surface area contributed by atoms with Crippen molar-refractivity contribution in [1.29, 1.82) is 4.78 Å². The summed E-state index contributed by atoms with van der Waals surface area (Å²) >= 11 is 3.60. The molecule has 4 rings (SSSR count). The van der Waals surface area contributed by atoms with Gasteiger partial charge >= 0.3 is 0 Å². The van der Waals surface area contributed by atoms with E-state index in [0.29, 0.717) is 10.9 Å². The Morgan fingerprint density at radius 3 is 2.36 bits per heavy atom. The van der Waals surface area contributed by atoms with E-state index in [4.69, 9.17) is 4.78 Å². The summed E-state index contributed by atoms with van der Waals surface area (Å²) in [6.07, 6.45) is 9.99. The summed E-state index contributed by atoms with van der Waals surface area (Å²) in [5.41, 5.74) is 1.80. The van der Waals surface area contributed by atoms with Gasteiger partial charge in [-0.05, 0) is 90.9 Å². The van der Waals surface area contributed by atoms with Gasteiger partial charge in [-0.25, -0.2) is 8.99 Å². The van der Waals surface area contributed by atoms with Crippen molar-refractivity contribution in [2.45, 2.75) is 67.6 Å². The van der Waals surface area contributed by atoms with E-state index < -0.39 is 9.73 Å². The summed E-state index contributed by atoms with van der Waals surface area (Å²) < 4.78 is 21.6. The fourth-order valence-electron chi connectivity index (χ4n) is 3.67. The van der Waals surface area contributed by atoms with Crippen LogP contribution in [0.1, 0.15) is 51.4 Å². The highest BCUT2D eigenvalue weighted by Crippen LogP contribution is 2.56. The van der Waals surface area contributed by atoms with Gasteiger partial charge in [0.2, 0.25) is 0 Å². The average molecular weight is 383 g/mol. The van der Waals surface area contributed by atoms with Crippen LogP contribution >= 0.6 is 15.9 Å². The van der Waals surface area contributed by atoms with Crippen LogP contribution in [0.5, 0.6) is 0 Å². The summed E-state index contributed by atoms with van der Waals surface area (Å²) in [6, 6.07) is 6.32. The number of nitrogens with one attached hydrogen (secondary N) is 2. The lowest BCUT2D eigenvalue weighted by Gasteiger charge is -2.30. The molecule has 0 saturated heterocycles. The van der Waals surface area contributed by atoms with Crippen LogP contribution < -0.4 is 5.32 Å². The van der Waals surface area contributed by atoms with E-state index in [1.54, 1.807) is 0 Å². The van der Waals surface area contributed by atoms with Gasteiger partial charge in [0.25, 0.3) is 0 Å². The summed E-state index contributed by atoms with van der Waals surface area (Å²) in [5, 5.41) is 3.71. The summed E-state index contributed by atoms with van der Waals surface area (Å²) in [6.45, 7) is 0. The number of anilines is 1. The van der Waals surface area contributed by atoms with Crippen LogP contribution in [0.2, 0.25) is 0 Å². The van der Waals surface area contributed by atoms with Crippen molar-refractivity contribution in [2.24, 2.45) is 5.41 Å². The Hall–Kier alpha value is -0.550. The molecule has 2 N–H and O–H groups in total. The zero-order valence-corrected chi connectivity index (χ0v) is 15.1. The zero-order chi connectivity index (χ0) is 15.4. The SMILES string of the molecule is N=S(=O)(c1ccc(NC2CCC3(CC2)CC3)c(Br)c1)C1CC1. The van der Waals surface area contributed by atoms with Gasteiger partial charge in [-0.3, -0.25) is 0 Å². The molecule has 3 fully saturated rings. The second-order valence-electron chi connectivity index (χ2n) is 7.36. The third-order valence-electron chi connectivity index (χ3n) is 5.65. The first kappa shape index (κ1) is 15.0. The standard InChI is InChI=1S/C17H23BrN2OS/c18-15-11-14(22(19,21)13-1-2-13)3-4-16(15)20-12-5-7-17(8-6-12)9-10-17/h3-4,11-13,19-20H,1-2,5-10H2. The van der Waals surface area contributed by atoms with Crippen molar-refractivity contribution in [2.75, 3.05) is 5.32 Å². The fraction of sp³-hybridized carbons (Fsp3) is 0.647. The van der Waals surface area contributed by atoms with Crippen molar-refractivity contribution in [1.82, 2.24) is 0 Å². The normalized spacial score (nSPS) is 26.6. The minimum Gasteiger partial charge on any atom is -0.381 e. The van der Waals surface area contributed by atoms with E-state index in [9.17, 15) is 4.21 Å². The van der Waals surface area contributed by atoms with Crippen molar-refractivity contribution in [3.05, 3.63) is 22.7 Å². The minimum absolute atomic E-state index is 0.0753. The highest BCUT2D eigenvalue weighted by molar-refractivity contribution is 9.10. The third-order valence-corrected chi connectivity index (χ3v) is 8.67. The quantitative estimate of drug-likeness (QED) is 0.755. The number of halogens is 1. The van der Waals surface area contributed by atoms with Gasteiger partial charge in [0.05, 0.1) is 9.73 Å². The number of hydrogen-bond donors (Lipinski definition) is 2. The Balaban J connectivity index is 1.46. The van der Waals surface area contributed by atoms with Crippen molar-refractivity contribution in [3.63, 3.8) is 0 Å². The molecule has 0 aromatic heterocycles. The molecule has 3 saturated carbocycles. The van der Waals surface area contributed by atoms with Gasteiger partial charge < -0.3 is 5.32 Å². The lowest BCUT2D eigenvalue weighted by molar-refractivity contribution is 0.317. The predicted octanol–water partition coefficient (Wildman–Crippen LogP) is 5.15. The molecule has 0 amide bonds. The largest absolute Gasteiger partial charge is 0.381 e. The monoisotopic (exact) mass is 382 g/mol. The zero-order valence-electron chi connectivity index (χ0n) is 12.7. The first-order valence-corrected chi connectivity index (χ1v) is 10.7. The first-order valence-electron chi connectivity index (χ1n) is 8.32. The Morgan fingerprint density at radius 2 is 1.82 bits per heavy atom. The van der Waals surface area contributed by atoms with E-state index >= 15 is 0 Å². The van der Waals surface area contributed by atoms with Gasteiger partial charge in [-0.1, -0.05) is 0 Å². The lowest BCUT2D eigenvalue weighted by Crippen LogP contribution is -2.26. The molecular formula is C17H23BrN2OS. The summed E-state index contributed by atoms with van der Waals surface area (Å²) in [7, 11) is -2.60. The van der Waals surface area contributed by atoms with E-state index in [0.717, 1.165) is 28.4 Å².